The first-order chi connectivity index (χ1) is 8.09. The maximum Gasteiger partial charge on any atom is 0.178 e. The number of carbonyl (C=O) groups is 1. The molecule has 0 bridgehead atoms. The zero-order valence-corrected chi connectivity index (χ0v) is 11.7. The Bertz CT molecular complexity index is 567. The van der Waals surface area contributed by atoms with E-state index >= 15 is 0 Å². The highest BCUT2D eigenvalue weighted by atomic mass is 79.9. The average Bonchev–Trinajstić information content (AvgIpc) is 2.71. The Balaban J connectivity index is 2.25. The van der Waals surface area contributed by atoms with Crippen molar-refractivity contribution in [1.82, 2.24) is 0 Å². The van der Waals surface area contributed by atoms with E-state index in [4.69, 9.17) is 11.6 Å². The predicted molar refractivity (Wildman–Crippen MR) is 71.5 cm³/mol. The molecule has 0 fully saturated rings. The van der Waals surface area contributed by atoms with Crippen LogP contribution in [0.1, 0.15) is 15.2 Å². The lowest BCUT2D eigenvalue weighted by atomic mass is 10.1. The van der Waals surface area contributed by atoms with Gasteiger partial charge in [0.15, 0.2) is 5.78 Å². The van der Waals surface area contributed by atoms with Crippen LogP contribution in [0.3, 0.4) is 0 Å². The summed E-state index contributed by atoms with van der Waals surface area (Å²) in [6.07, 6.45) is 0.0194. The molecule has 17 heavy (non-hydrogen) atoms. The van der Waals surface area contributed by atoms with E-state index in [-0.39, 0.29) is 17.2 Å². The van der Waals surface area contributed by atoms with E-state index in [1.807, 2.05) is 5.38 Å². The summed E-state index contributed by atoms with van der Waals surface area (Å²) in [5.41, 5.74) is 0.322. The second kappa shape index (κ2) is 5.29. The number of carbonyl (C=O) groups excluding carboxylic acids is 1. The maximum atomic E-state index is 13.6. The van der Waals surface area contributed by atoms with Gasteiger partial charge >= 0.3 is 0 Å². The second-order valence-electron chi connectivity index (χ2n) is 3.41. The molecule has 5 heteroatoms. The van der Waals surface area contributed by atoms with Gasteiger partial charge in [0.05, 0.1) is 9.90 Å². The van der Waals surface area contributed by atoms with Gasteiger partial charge in [0.25, 0.3) is 0 Å². The SMILES string of the molecule is O=C(Cc1cccc(Cl)c1F)c1sccc1Br. The minimum atomic E-state index is -0.518. The number of ketones is 1. The van der Waals surface area contributed by atoms with Crippen molar-refractivity contribution in [3.05, 3.63) is 55.4 Å². The molecule has 1 nitrogen and oxygen atoms in total. The largest absolute Gasteiger partial charge is 0.293 e. The van der Waals surface area contributed by atoms with Crippen molar-refractivity contribution in [2.24, 2.45) is 0 Å². The zero-order valence-electron chi connectivity index (χ0n) is 8.54. The summed E-state index contributed by atoms with van der Waals surface area (Å²) in [5, 5.41) is 1.85. The molecule has 1 aromatic heterocycles. The molecule has 0 saturated heterocycles. The zero-order chi connectivity index (χ0) is 12.4. The van der Waals surface area contributed by atoms with Gasteiger partial charge < -0.3 is 0 Å². The number of halogens is 3. The van der Waals surface area contributed by atoms with Crippen LogP contribution in [0.2, 0.25) is 5.02 Å². The molecule has 0 aliphatic carbocycles. The van der Waals surface area contributed by atoms with E-state index in [9.17, 15) is 9.18 Å². The Hall–Kier alpha value is -0.710. The van der Waals surface area contributed by atoms with Gasteiger partial charge in [-0.05, 0) is 39.0 Å². The van der Waals surface area contributed by atoms with E-state index in [1.54, 1.807) is 18.2 Å². The minimum Gasteiger partial charge on any atom is -0.293 e. The molecule has 0 aliphatic rings. The van der Waals surface area contributed by atoms with Crippen molar-refractivity contribution in [2.75, 3.05) is 0 Å². The molecular formula is C12H7BrClFOS. The highest BCUT2D eigenvalue weighted by molar-refractivity contribution is 9.10. The molecule has 0 atom stereocenters. The van der Waals surface area contributed by atoms with Crippen LogP contribution in [0, 0.1) is 5.82 Å². The summed E-state index contributed by atoms with van der Waals surface area (Å²) in [6.45, 7) is 0. The molecule has 88 valence electrons. The molecular weight excluding hydrogens is 327 g/mol. The molecule has 0 amide bonds. The third kappa shape index (κ3) is 2.76. The lowest BCUT2D eigenvalue weighted by molar-refractivity contribution is 0.0995. The number of rotatable bonds is 3. The summed E-state index contributed by atoms with van der Waals surface area (Å²) in [5.74, 6) is -0.636. The van der Waals surface area contributed by atoms with E-state index in [2.05, 4.69) is 15.9 Å². The van der Waals surface area contributed by atoms with E-state index < -0.39 is 5.82 Å². The lowest BCUT2D eigenvalue weighted by Gasteiger charge is -2.03. The lowest BCUT2D eigenvalue weighted by Crippen LogP contribution is -2.04. The van der Waals surface area contributed by atoms with Crippen molar-refractivity contribution < 1.29 is 9.18 Å². The normalized spacial score (nSPS) is 10.5. The van der Waals surface area contributed by atoms with Crippen LogP contribution in [0.5, 0.6) is 0 Å². The quantitative estimate of drug-likeness (QED) is 0.742. The van der Waals surface area contributed by atoms with Gasteiger partial charge in [-0.2, -0.15) is 0 Å². The molecule has 1 aromatic carbocycles. The van der Waals surface area contributed by atoms with Crippen LogP contribution in [-0.2, 0) is 6.42 Å². The fraction of sp³-hybridized carbons (Fsp3) is 0.0833. The molecule has 0 radical (unpaired) electrons. The number of benzene rings is 1. The number of hydrogen-bond acceptors (Lipinski definition) is 2. The number of thiophene rings is 1. The molecule has 0 aliphatic heterocycles. The van der Waals surface area contributed by atoms with E-state index in [0.717, 1.165) is 4.47 Å². The number of hydrogen-bond donors (Lipinski definition) is 0. The van der Waals surface area contributed by atoms with Gasteiger partial charge in [0.1, 0.15) is 5.82 Å². The molecule has 1 heterocycles. The molecule has 2 rings (SSSR count). The van der Waals surface area contributed by atoms with Gasteiger partial charge in [-0.25, -0.2) is 4.39 Å². The van der Waals surface area contributed by atoms with Crippen LogP contribution >= 0.6 is 38.9 Å². The highest BCUT2D eigenvalue weighted by Crippen LogP contribution is 2.25. The molecule has 2 aromatic rings. The molecule has 0 saturated carbocycles. The van der Waals surface area contributed by atoms with Crippen molar-refractivity contribution in [3.8, 4) is 0 Å². The van der Waals surface area contributed by atoms with Crippen molar-refractivity contribution in [3.63, 3.8) is 0 Å². The Labute approximate surface area is 115 Å². The smallest absolute Gasteiger partial charge is 0.178 e. The van der Waals surface area contributed by atoms with Crippen LogP contribution in [0.25, 0.3) is 0 Å². The highest BCUT2D eigenvalue weighted by Gasteiger charge is 2.15. The van der Waals surface area contributed by atoms with Crippen LogP contribution in [0.4, 0.5) is 4.39 Å². The summed E-state index contributed by atoms with van der Waals surface area (Å²) in [7, 11) is 0. The Morgan fingerprint density at radius 1 is 1.41 bits per heavy atom. The minimum absolute atomic E-state index is 0.0194. The van der Waals surface area contributed by atoms with Crippen LogP contribution in [-0.4, -0.2) is 5.78 Å². The maximum absolute atomic E-state index is 13.6. The monoisotopic (exact) mass is 332 g/mol. The topological polar surface area (TPSA) is 17.1 Å². The van der Waals surface area contributed by atoms with Gasteiger partial charge in [0, 0.05) is 10.9 Å². The first-order valence-corrected chi connectivity index (χ1v) is 6.83. The van der Waals surface area contributed by atoms with Crippen LogP contribution < -0.4 is 0 Å². The summed E-state index contributed by atoms with van der Waals surface area (Å²) in [6, 6.07) is 6.47. The number of Topliss-reactive ketones (excluding diaryl/α,β-unsaturated/α-hetero) is 1. The van der Waals surface area contributed by atoms with Gasteiger partial charge in [-0.1, -0.05) is 23.7 Å². The molecule has 0 unspecified atom stereocenters. The van der Waals surface area contributed by atoms with E-state index in [1.165, 1.54) is 17.4 Å². The summed E-state index contributed by atoms with van der Waals surface area (Å²) in [4.78, 5) is 12.5. The van der Waals surface area contributed by atoms with Crippen molar-refractivity contribution in [2.45, 2.75) is 6.42 Å². The van der Waals surface area contributed by atoms with Crippen molar-refractivity contribution >= 4 is 44.7 Å². The first-order valence-electron chi connectivity index (χ1n) is 4.78. The summed E-state index contributed by atoms with van der Waals surface area (Å²) < 4.78 is 14.4. The molecule has 0 spiro atoms. The van der Waals surface area contributed by atoms with Crippen LogP contribution in [0.15, 0.2) is 34.1 Å². The Kier molecular flexibility index (Phi) is 3.97. The average molecular weight is 334 g/mol. The third-order valence-electron chi connectivity index (χ3n) is 2.25. The fourth-order valence-corrected chi connectivity index (χ4v) is 3.16. The van der Waals surface area contributed by atoms with E-state index in [0.29, 0.717) is 10.4 Å². The standard InChI is InChI=1S/C12H7BrClFOS/c13-8-4-5-17-12(8)10(16)6-7-2-1-3-9(14)11(7)15/h1-5H,6H2. The first kappa shape index (κ1) is 12.7. The fourth-order valence-electron chi connectivity index (χ4n) is 1.43. The predicted octanol–water partition coefficient (Wildman–Crippen LogP) is 4.73. The van der Waals surface area contributed by atoms with Gasteiger partial charge in [-0.15, -0.1) is 11.3 Å². The third-order valence-corrected chi connectivity index (χ3v) is 4.42. The van der Waals surface area contributed by atoms with Gasteiger partial charge in [-0.3, -0.25) is 4.79 Å². The second-order valence-corrected chi connectivity index (χ2v) is 5.59. The molecule has 0 N–H and O–H groups in total. The van der Waals surface area contributed by atoms with Crippen molar-refractivity contribution in [1.29, 1.82) is 0 Å². The summed E-state index contributed by atoms with van der Waals surface area (Å²) >= 11 is 10.3. The van der Waals surface area contributed by atoms with Gasteiger partial charge in [0.2, 0.25) is 0 Å². The Morgan fingerprint density at radius 3 is 2.82 bits per heavy atom. The Morgan fingerprint density at radius 2 is 2.18 bits per heavy atom.